The lowest BCUT2D eigenvalue weighted by molar-refractivity contribution is -0.148. The Balaban J connectivity index is 1.94. The van der Waals surface area contributed by atoms with Crippen LogP contribution < -0.4 is 4.74 Å². The predicted molar refractivity (Wildman–Crippen MR) is 81.0 cm³/mol. The first-order valence-corrected chi connectivity index (χ1v) is 7.73. The lowest BCUT2D eigenvalue weighted by atomic mass is 9.69. The van der Waals surface area contributed by atoms with Crippen molar-refractivity contribution in [2.75, 3.05) is 13.2 Å². The van der Waals surface area contributed by atoms with Crippen LogP contribution in [0.4, 0.5) is 0 Å². The van der Waals surface area contributed by atoms with Crippen LogP contribution in [0.15, 0.2) is 18.2 Å². The van der Waals surface area contributed by atoms with Crippen molar-refractivity contribution < 1.29 is 19.4 Å². The quantitative estimate of drug-likeness (QED) is 0.912. The molecule has 1 aliphatic heterocycles. The first-order valence-electron chi connectivity index (χ1n) is 7.73. The fourth-order valence-electron chi connectivity index (χ4n) is 3.30. The molecule has 2 aliphatic rings. The zero-order chi connectivity index (χ0) is 15.9. The minimum Gasteiger partial charge on any atom is -0.491 e. The van der Waals surface area contributed by atoms with Gasteiger partial charge >= 0.3 is 5.97 Å². The Morgan fingerprint density at radius 2 is 2.09 bits per heavy atom. The second-order valence-electron chi connectivity index (χ2n) is 6.49. The highest BCUT2D eigenvalue weighted by molar-refractivity contribution is 5.88. The van der Waals surface area contributed by atoms with Gasteiger partial charge in [0.15, 0.2) is 0 Å². The lowest BCUT2D eigenvalue weighted by Crippen LogP contribution is -2.47. The summed E-state index contributed by atoms with van der Waals surface area (Å²) in [6.07, 6.45) is 2.95. The minimum absolute atomic E-state index is 0.156. The third-order valence-corrected chi connectivity index (χ3v) is 5.00. The number of nitrogens with zero attached hydrogens (tertiary/aromatic N) is 1. The van der Waals surface area contributed by atoms with E-state index in [1.54, 1.807) is 18.2 Å². The second kappa shape index (κ2) is 5.30. The van der Waals surface area contributed by atoms with Gasteiger partial charge in [0.1, 0.15) is 12.4 Å². The first-order chi connectivity index (χ1) is 10.4. The van der Waals surface area contributed by atoms with E-state index in [1.165, 1.54) is 0 Å². The molecule has 1 N–H and O–H groups in total. The SMILES string of the molecule is C[C@@H]1c2cc(C(=O)O)ccc2OCCN1C(=O)C1(C)CCC1. The Labute approximate surface area is 129 Å². The summed E-state index contributed by atoms with van der Waals surface area (Å²) in [6, 6.07) is 4.67. The standard InChI is InChI=1S/C17H21NO4/c1-11-13-10-12(15(19)20)4-5-14(13)22-9-8-18(11)16(21)17(2)6-3-7-17/h4-5,10-11H,3,6-9H2,1-2H3,(H,19,20)/t11-/m1/s1. The molecule has 0 saturated heterocycles. The summed E-state index contributed by atoms with van der Waals surface area (Å²) in [5, 5.41) is 9.17. The van der Waals surface area contributed by atoms with Gasteiger partial charge in [0.2, 0.25) is 5.91 Å². The molecular weight excluding hydrogens is 282 g/mol. The highest BCUT2D eigenvalue weighted by Crippen LogP contribution is 2.44. The van der Waals surface area contributed by atoms with Gasteiger partial charge in [-0.25, -0.2) is 4.79 Å². The molecule has 1 aromatic carbocycles. The van der Waals surface area contributed by atoms with Gasteiger partial charge in [0, 0.05) is 11.0 Å². The van der Waals surface area contributed by atoms with Gasteiger partial charge in [-0.15, -0.1) is 0 Å². The average molecular weight is 303 g/mol. The molecule has 0 unspecified atom stereocenters. The van der Waals surface area contributed by atoms with E-state index in [-0.39, 0.29) is 22.9 Å². The van der Waals surface area contributed by atoms with Crippen molar-refractivity contribution in [3.63, 3.8) is 0 Å². The number of fused-ring (bicyclic) bond motifs is 1. The second-order valence-corrected chi connectivity index (χ2v) is 6.49. The minimum atomic E-state index is -0.969. The largest absolute Gasteiger partial charge is 0.491 e. The first kappa shape index (κ1) is 14.9. The molecule has 0 bridgehead atoms. The van der Waals surface area contributed by atoms with E-state index < -0.39 is 5.97 Å². The number of carboxylic acid groups (broad SMARTS) is 1. The third kappa shape index (κ3) is 2.34. The highest BCUT2D eigenvalue weighted by atomic mass is 16.5. The van der Waals surface area contributed by atoms with Crippen molar-refractivity contribution in [1.82, 2.24) is 4.90 Å². The van der Waals surface area contributed by atoms with E-state index in [4.69, 9.17) is 4.74 Å². The number of carbonyl (C=O) groups excluding carboxylic acids is 1. The summed E-state index contributed by atoms with van der Waals surface area (Å²) in [7, 11) is 0. The Bertz CT molecular complexity index is 621. The molecule has 5 nitrogen and oxygen atoms in total. The van der Waals surface area contributed by atoms with Crippen molar-refractivity contribution in [3.8, 4) is 5.75 Å². The number of benzene rings is 1. The highest BCUT2D eigenvalue weighted by Gasteiger charge is 2.43. The summed E-state index contributed by atoms with van der Waals surface area (Å²) < 4.78 is 5.71. The summed E-state index contributed by atoms with van der Waals surface area (Å²) in [4.78, 5) is 25.9. The molecule has 1 amide bonds. The number of ether oxygens (including phenoxy) is 1. The average Bonchev–Trinajstić information content (AvgIpc) is 2.63. The van der Waals surface area contributed by atoms with Crippen molar-refractivity contribution in [3.05, 3.63) is 29.3 Å². The molecule has 1 atom stereocenters. The van der Waals surface area contributed by atoms with E-state index in [0.29, 0.717) is 18.9 Å². The van der Waals surface area contributed by atoms with Crippen LogP contribution in [-0.2, 0) is 4.79 Å². The number of carboxylic acids is 1. The molecule has 0 radical (unpaired) electrons. The summed E-state index contributed by atoms with van der Waals surface area (Å²) in [5.74, 6) is -0.141. The van der Waals surface area contributed by atoms with Crippen LogP contribution in [0.25, 0.3) is 0 Å². The van der Waals surface area contributed by atoms with E-state index >= 15 is 0 Å². The number of hydrogen-bond donors (Lipinski definition) is 1. The van der Waals surface area contributed by atoms with Crippen LogP contribution in [-0.4, -0.2) is 35.0 Å². The molecule has 5 heteroatoms. The van der Waals surface area contributed by atoms with Gasteiger partial charge in [-0.1, -0.05) is 13.3 Å². The molecule has 1 saturated carbocycles. The molecule has 1 aromatic rings. The van der Waals surface area contributed by atoms with Gasteiger partial charge in [-0.05, 0) is 38.0 Å². The normalized spacial score (nSPS) is 22.8. The monoisotopic (exact) mass is 303 g/mol. The van der Waals surface area contributed by atoms with Crippen LogP contribution >= 0.6 is 0 Å². The maximum Gasteiger partial charge on any atom is 0.335 e. The molecule has 1 fully saturated rings. The van der Waals surface area contributed by atoms with Crippen molar-refractivity contribution in [2.24, 2.45) is 5.41 Å². The number of rotatable bonds is 2. The topological polar surface area (TPSA) is 66.8 Å². The zero-order valence-corrected chi connectivity index (χ0v) is 13.0. The van der Waals surface area contributed by atoms with E-state index in [2.05, 4.69) is 0 Å². The number of carbonyl (C=O) groups is 2. The summed E-state index contributed by atoms with van der Waals surface area (Å²) in [6.45, 7) is 4.93. The third-order valence-electron chi connectivity index (χ3n) is 5.00. The fourth-order valence-corrected chi connectivity index (χ4v) is 3.30. The Morgan fingerprint density at radius 3 is 2.68 bits per heavy atom. The van der Waals surface area contributed by atoms with Gasteiger partial charge in [0.05, 0.1) is 18.2 Å². The summed E-state index contributed by atoms with van der Waals surface area (Å²) >= 11 is 0. The molecule has 3 rings (SSSR count). The Hall–Kier alpha value is -2.04. The molecule has 0 aromatic heterocycles. The van der Waals surface area contributed by atoms with E-state index in [1.807, 2.05) is 18.7 Å². The van der Waals surface area contributed by atoms with Crippen molar-refractivity contribution >= 4 is 11.9 Å². The lowest BCUT2D eigenvalue weighted by Gasteiger charge is -2.42. The van der Waals surface area contributed by atoms with Crippen LogP contribution in [0, 0.1) is 5.41 Å². The Kier molecular flexibility index (Phi) is 3.59. The number of hydrogen-bond acceptors (Lipinski definition) is 3. The van der Waals surface area contributed by atoms with Gasteiger partial charge in [-0.3, -0.25) is 4.79 Å². The molecule has 1 heterocycles. The maximum atomic E-state index is 12.8. The van der Waals surface area contributed by atoms with E-state index in [9.17, 15) is 14.7 Å². The van der Waals surface area contributed by atoms with E-state index in [0.717, 1.165) is 24.8 Å². The van der Waals surface area contributed by atoms with Crippen LogP contribution in [0.3, 0.4) is 0 Å². The van der Waals surface area contributed by atoms with Gasteiger partial charge in [0.25, 0.3) is 0 Å². The molecule has 118 valence electrons. The van der Waals surface area contributed by atoms with Crippen molar-refractivity contribution in [1.29, 1.82) is 0 Å². The Morgan fingerprint density at radius 1 is 1.36 bits per heavy atom. The smallest absolute Gasteiger partial charge is 0.335 e. The zero-order valence-electron chi connectivity index (χ0n) is 13.0. The van der Waals surface area contributed by atoms with Crippen LogP contribution in [0.1, 0.15) is 55.1 Å². The van der Waals surface area contributed by atoms with Crippen LogP contribution in [0.2, 0.25) is 0 Å². The maximum absolute atomic E-state index is 12.8. The molecule has 0 spiro atoms. The predicted octanol–water partition coefficient (Wildman–Crippen LogP) is 2.86. The van der Waals surface area contributed by atoms with Gasteiger partial charge < -0.3 is 14.7 Å². The van der Waals surface area contributed by atoms with Crippen molar-refractivity contribution in [2.45, 2.75) is 39.2 Å². The number of aromatic carboxylic acids is 1. The van der Waals surface area contributed by atoms with Gasteiger partial charge in [-0.2, -0.15) is 0 Å². The van der Waals surface area contributed by atoms with Crippen LogP contribution in [0.5, 0.6) is 5.75 Å². The molecule has 1 aliphatic carbocycles. The summed E-state index contributed by atoms with van der Waals surface area (Å²) in [5.41, 5.74) is 0.732. The number of amides is 1. The molecule has 22 heavy (non-hydrogen) atoms. The molecular formula is C17H21NO4. The fraction of sp³-hybridized carbons (Fsp3) is 0.529.